The molecule has 0 aliphatic rings. The van der Waals surface area contributed by atoms with Crippen LogP contribution < -0.4 is 16.0 Å². The third kappa shape index (κ3) is 9.37. The molecule has 0 atom stereocenters. The number of nitrogens with one attached hydrogen (secondary N) is 3. The number of hydrogen-bond donors (Lipinski definition) is 3. The predicted molar refractivity (Wildman–Crippen MR) is 91.4 cm³/mol. The second kappa shape index (κ2) is 13.1. The first-order valence-corrected chi connectivity index (χ1v) is 7.54. The molecule has 3 N–H and O–H groups in total. The summed E-state index contributed by atoms with van der Waals surface area (Å²) < 4.78 is 0. The maximum absolute atomic E-state index is 11.7. The largest absolute Gasteiger partial charge is 0.355 e. The summed E-state index contributed by atoms with van der Waals surface area (Å²) >= 11 is 0. The van der Waals surface area contributed by atoms with Crippen LogP contribution in [0.4, 0.5) is 0 Å². The first-order valence-electron chi connectivity index (χ1n) is 7.54. The van der Waals surface area contributed by atoms with Crippen LogP contribution in [-0.2, 0) is 4.79 Å². The van der Waals surface area contributed by atoms with Crippen molar-refractivity contribution in [3.8, 4) is 0 Å². The van der Waals surface area contributed by atoms with Crippen molar-refractivity contribution in [2.45, 2.75) is 26.2 Å². The van der Waals surface area contributed by atoms with Crippen LogP contribution in [0.1, 0.15) is 36.5 Å². The molecule has 0 aliphatic carbocycles. The summed E-state index contributed by atoms with van der Waals surface area (Å²) in [7, 11) is 0. The topological polar surface area (TPSA) is 70.2 Å². The normalized spacial score (nSPS) is 9.68. The standard InChI is InChI=1S/C16H25N3O2.ClH/c1-2-10-17-12-13-18-15(20)9-6-11-19-16(21)14-7-4-3-5-8-14;/h3-5,7-8,17H,2,6,9-13H2,1H3,(H,18,20)(H,19,21);1H. The molecule has 0 radical (unpaired) electrons. The van der Waals surface area contributed by atoms with Gasteiger partial charge in [0.05, 0.1) is 0 Å². The van der Waals surface area contributed by atoms with E-state index < -0.39 is 0 Å². The lowest BCUT2D eigenvalue weighted by molar-refractivity contribution is -0.121. The summed E-state index contributed by atoms with van der Waals surface area (Å²) in [5, 5.41) is 8.87. The van der Waals surface area contributed by atoms with Gasteiger partial charge in [0.2, 0.25) is 5.91 Å². The molecule has 0 fully saturated rings. The Morgan fingerprint density at radius 3 is 2.36 bits per heavy atom. The summed E-state index contributed by atoms with van der Waals surface area (Å²) in [6.45, 7) is 5.03. The van der Waals surface area contributed by atoms with E-state index in [0.717, 1.165) is 19.5 Å². The highest BCUT2D eigenvalue weighted by Crippen LogP contribution is 1.98. The zero-order valence-corrected chi connectivity index (χ0v) is 13.9. The van der Waals surface area contributed by atoms with Crippen molar-refractivity contribution in [3.63, 3.8) is 0 Å². The molecule has 6 heteroatoms. The summed E-state index contributed by atoms with van der Waals surface area (Å²) in [6, 6.07) is 9.07. The molecular weight excluding hydrogens is 302 g/mol. The Kier molecular flexibility index (Phi) is 12.2. The molecule has 2 amide bonds. The van der Waals surface area contributed by atoms with E-state index >= 15 is 0 Å². The maximum Gasteiger partial charge on any atom is 0.251 e. The van der Waals surface area contributed by atoms with Gasteiger partial charge in [-0.25, -0.2) is 0 Å². The molecular formula is C16H26ClN3O2. The number of carbonyl (C=O) groups excluding carboxylic acids is 2. The van der Waals surface area contributed by atoms with Crippen LogP contribution in [0.2, 0.25) is 0 Å². The van der Waals surface area contributed by atoms with Crippen LogP contribution >= 0.6 is 12.4 Å². The van der Waals surface area contributed by atoms with E-state index in [9.17, 15) is 9.59 Å². The average Bonchev–Trinajstić information content (AvgIpc) is 2.52. The molecule has 5 nitrogen and oxygen atoms in total. The lowest BCUT2D eigenvalue weighted by Gasteiger charge is -2.07. The second-order valence-electron chi connectivity index (χ2n) is 4.83. The summed E-state index contributed by atoms with van der Waals surface area (Å²) in [5.74, 6) is -0.0676. The van der Waals surface area contributed by atoms with E-state index in [2.05, 4.69) is 22.9 Å². The fourth-order valence-electron chi connectivity index (χ4n) is 1.82. The van der Waals surface area contributed by atoms with Crippen molar-refractivity contribution in [1.82, 2.24) is 16.0 Å². The molecule has 0 saturated carbocycles. The Bertz CT molecular complexity index is 427. The number of carbonyl (C=O) groups is 2. The minimum absolute atomic E-state index is 0. The Labute approximate surface area is 138 Å². The third-order valence-electron chi connectivity index (χ3n) is 2.95. The zero-order valence-electron chi connectivity index (χ0n) is 13.1. The van der Waals surface area contributed by atoms with E-state index in [1.54, 1.807) is 12.1 Å². The van der Waals surface area contributed by atoms with Gasteiger partial charge in [0.15, 0.2) is 0 Å². The smallest absolute Gasteiger partial charge is 0.251 e. The number of hydrogen-bond acceptors (Lipinski definition) is 3. The highest BCUT2D eigenvalue weighted by molar-refractivity contribution is 5.94. The van der Waals surface area contributed by atoms with E-state index in [0.29, 0.717) is 31.5 Å². The summed E-state index contributed by atoms with van der Waals surface area (Å²) in [6.07, 6.45) is 2.17. The first kappa shape index (κ1) is 20.4. The highest BCUT2D eigenvalue weighted by Gasteiger charge is 2.04. The van der Waals surface area contributed by atoms with Crippen LogP contribution in [0.3, 0.4) is 0 Å². The van der Waals surface area contributed by atoms with Crippen molar-refractivity contribution >= 4 is 24.2 Å². The number of rotatable bonds is 10. The Morgan fingerprint density at radius 2 is 1.68 bits per heavy atom. The van der Waals surface area contributed by atoms with Crippen LogP contribution in [0, 0.1) is 0 Å². The van der Waals surface area contributed by atoms with Crippen molar-refractivity contribution in [1.29, 1.82) is 0 Å². The van der Waals surface area contributed by atoms with Gasteiger partial charge in [0.25, 0.3) is 5.91 Å². The molecule has 1 rings (SSSR count). The van der Waals surface area contributed by atoms with Crippen molar-refractivity contribution in [2.75, 3.05) is 26.2 Å². The predicted octanol–water partition coefficient (Wildman–Crippen LogP) is 1.73. The van der Waals surface area contributed by atoms with Gasteiger partial charge in [-0.05, 0) is 31.5 Å². The van der Waals surface area contributed by atoms with Gasteiger partial charge in [-0.3, -0.25) is 9.59 Å². The van der Waals surface area contributed by atoms with Gasteiger partial charge in [-0.1, -0.05) is 25.1 Å². The number of benzene rings is 1. The molecule has 124 valence electrons. The highest BCUT2D eigenvalue weighted by atomic mass is 35.5. The summed E-state index contributed by atoms with van der Waals surface area (Å²) in [4.78, 5) is 23.3. The van der Waals surface area contributed by atoms with Crippen molar-refractivity contribution < 1.29 is 9.59 Å². The van der Waals surface area contributed by atoms with Gasteiger partial charge in [-0.2, -0.15) is 0 Å². The quantitative estimate of drug-likeness (QED) is 0.573. The third-order valence-corrected chi connectivity index (χ3v) is 2.95. The van der Waals surface area contributed by atoms with Crippen LogP contribution in [-0.4, -0.2) is 38.0 Å². The first-order chi connectivity index (χ1) is 10.2. The Hall–Kier alpha value is -1.59. The molecule has 0 spiro atoms. The Morgan fingerprint density at radius 1 is 0.955 bits per heavy atom. The van der Waals surface area contributed by atoms with Gasteiger partial charge in [0.1, 0.15) is 0 Å². The van der Waals surface area contributed by atoms with Crippen molar-refractivity contribution in [3.05, 3.63) is 35.9 Å². The zero-order chi connectivity index (χ0) is 15.3. The van der Waals surface area contributed by atoms with E-state index in [1.165, 1.54) is 0 Å². The number of amides is 2. The molecule has 0 aliphatic heterocycles. The monoisotopic (exact) mass is 327 g/mol. The minimum atomic E-state index is -0.0974. The maximum atomic E-state index is 11.7. The van der Waals surface area contributed by atoms with Crippen LogP contribution in [0.5, 0.6) is 0 Å². The SMILES string of the molecule is CCCNCCNC(=O)CCCNC(=O)c1ccccc1.Cl. The van der Waals surface area contributed by atoms with E-state index in [1.807, 2.05) is 18.2 Å². The second-order valence-corrected chi connectivity index (χ2v) is 4.83. The minimum Gasteiger partial charge on any atom is -0.355 e. The number of halogens is 1. The van der Waals surface area contributed by atoms with Gasteiger partial charge in [-0.15, -0.1) is 12.4 Å². The van der Waals surface area contributed by atoms with Gasteiger partial charge in [0, 0.05) is 31.6 Å². The fourth-order valence-corrected chi connectivity index (χ4v) is 1.82. The van der Waals surface area contributed by atoms with E-state index in [4.69, 9.17) is 0 Å². The lowest BCUT2D eigenvalue weighted by Crippen LogP contribution is -2.32. The van der Waals surface area contributed by atoms with Crippen molar-refractivity contribution in [2.24, 2.45) is 0 Å². The molecule has 0 heterocycles. The molecule has 0 aromatic heterocycles. The summed E-state index contributed by atoms with van der Waals surface area (Å²) in [5.41, 5.74) is 0.643. The van der Waals surface area contributed by atoms with Gasteiger partial charge < -0.3 is 16.0 Å². The van der Waals surface area contributed by atoms with E-state index in [-0.39, 0.29) is 24.2 Å². The fraction of sp³-hybridized carbons (Fsp3) is 0.500. The molecule has 1 aromatic rings. The van der Waals surface area contributed by atoms with Crippen LogP contribution in [0.15, 0.2) is 30.3 Å². The lowest BCUT2D eigenvalue weighted by atomic mass is 10.2. The van der Waals surface area contributed by atoms with Crippen LogP contribution in [0.25, 0.3) is 0 Å². The molecule has 0 unspecified atom stereocenters. The molecule has 1 aromatic carbocycles. The molecule has 0 bridgehead atoms. The molecule has 0 saturated heterocycles. The Balaban J connectivity index is 0.00000441. The average molecular weight is 328 g/mol. The van der Waals surface area contributed by atoms with Gasteiger partial charge >= 0.3 is 0 Å². The molecule has 22 heavy (non-hydrogen) atoms.